The van der Waals surface area contributed by atoms with E-state index in [1.807, 2.05) is 31.2 Å². The van der Waals surface area contributed by atoms with Crippen LogP contribution < -0.4 is 10.1 Å². The molecule has 0 aliphatic heterocycles. The summed E-state index contributed by atoms with van der Waals surface area (Å²) >= 11 is 0. The molecule has 2 saturated carbocycles. The van der Waals surface area contributed by atoms with E-state index in [4.69, 9.17) is 4.74 Å². The van der Waals surface area contributed by atoms with Crippen LogP contribution in [0.15, 0.2) is 24.3 Å². The first-order valence-electron chi connectivity index (χ1n) is 8.57. The molecule has 0 radical (unpaired) electrons. The lowest BCUT2D eigenvalue weighted by Crippen LogP contribution is -2.43. The molecule has 1 aromatic rings. The monoisotopic (exact) mass is 315 g/mol. The van der Waals surface area contributed by atoms with Gasteiger partial charge in [-0.25, -0.2) is 0 Å². The van der Waals surface area contributed by atoms with Crippen molar-refractivity contribution in [3.05, 3.63) is 29.8 Å². The molecule has 3 unspecified atom stereocenters. The standard InChI is InChI=1S/C19H25NO3/c1-12(16-8-3-4-9-17(16)23-2)20-19(22)15-10-13-6-5-7-14(11-15)18(13)21/h3-4,8-9,12-15H,5-7,10-11H2,1-2H3,(H,20,22). The Balaban J connectivity index is 1.66. The maximum atomic E-state index is 12.7. The van der Waals surface area contributed by atoms with E-state index in [9.17, 15) is 9.59 Å². The summed E-state index contributed by atoms with van der Waals surface area (Å²) in [6.45, 7) is 1.98. The van der Waals surface area contributed by atoms with E-state index in [2.05, 4.69) is 5.32 Å². The molecule has 0 aromatic heterocycles. The Labute approximate surface area is 137 Å². The average molecular weight is 315 g/mol. The van der Waals surface area contributed by atoms with Gasteiger partial charge in [0, 0.05) is 23.3 Å². The zero-order valence-electron chi connectivity index (χ0n) is 13.9. The Morgan fingerprint density at radius 1 is 1.22 bits per heavy atom. The fourth-order valence-electron chi connectivity index (χ4n) is 4.13. The number of nitrogens with one attached hydrogen (secondary N) is 1. The van der Waals surface area contributed by atoms with Crippen LogP contribution in [0.1, 0.15) is 50.6 Å². The summed E-state index contributed by atoms with van der Waals surface area (Å²) < 4.78 is 5.37. The molecule has 2 aliphatic rings. The third-order valence-electron chi connectivity index (χ3n) is 5.38. The lowest BCUT2D eigenvalue weighted by atomic mass is 9.67. The Kier molecular flexibility index (Phi) is 4.69. The second kappa shape index (κ2) is 6.73. The third kappa shape index (κ3) is 3.26. The molecular formula is C19H25NO3. The molecule has 124 valence electrons. The van der Waals surface area contributed by atoms with E-state index in [0.29, 0.717) is 5.78 Å². The Morgan fingerprint density at radius 3 is 2.52 bits per heavy atom. The van der Waals surface area contributed by atoms with Crippen molar-refractivity contribution in [2.45, 2.75) is 45.1 Å². The number of ketones is 1. The van der Waals surface area contributed by atoms with Crippen LogP contribution in [0.3, 0.4) is 0 Å². The summed E-state index contributed by atoms with van der Waals surface area (Å²) in [5.41, 5.74) is 0.982. The lowest BCUT2D eigenvalue weighted by Gasteiger charge is -2.37. The SMILES string of the molecule is COc1ccccc1C(C)NC(=O)C1CC2CCCC(C1)C2=O. The molecule has 1 amide bonds. The number of methoxy groups -OCH3 is 1. The van der Waals surface area contributed by atoms with E-state index < -0.39 is 0 Å². The van der Waals surface area contributed by atoms with Gasteiger partial charge in [0.05, 0.1) is 13.2 Å². The topological polar surface area (TPSA) is 55.4 Å². The number of hydrogen-bond donors (Lipinski definition) is 1. The molecule has 1 aromatic carbocycles. The van der Waals surface area contributed by atoms with Crippen LogP contribution in [0, 0.1) is 17.8 Å². The van der Waals surface area contributed by atoms with Crippen molar-refractivity contribution in [3.63, 3.8) is 0 Å². The van der Waals surface area contributed by atoms with Gasteiger partial charge < -0.3 is 10.1 Å². The van der Waals surface area contributed by atoms with Gasteiger partial charge in [-0.1, -0.05) is 24.6 Å². The number of carbonyl (C=O) groups is 2. The molecule has 3 atom stereocenters. The van der Waals surface area contributed by atoms with Gasteiger partial charge in [-0.15, -0.1) is 0 Å². The number of hydrogen-bond acceptors (Lipinski definition) is 3. The summed E-state index contributed by atoms with van der Waals surface area (Å²) in [6.07, 6.45) is 4.50. The minimum atomic E-state index is -0.101. The number of fused-ring (bicyclic) bond motifs is 2. The van der Waals surface area contributed by atoms with E-state index in [1.54, 1.807) is 7.11 Å². The molecule has 4 nitrogen and oxygen atoms in total. The maximum Gasteiger partial charge on any atom is 0.223 e. The molecule has 0 spiro atoms. The minimum absolute atomic E-state index is 0.0276. The quantitative estimate of drug-likeness (QED) is 0.928. The average Bonchev–Trinajstić information content (AvgIpc) is 2.54. The molecule has 4 heteroatoms. The number of benzene rings is 1. The highest BCUT2D eigenvalue weighted by Crippen LogP contribution is 2.40. The number of rotatable bonds is 4. The molecule has 2 fully saturated rings. The fraction of sp³-hybridized carbons (Fsp3) is 0.579. The van der Waals surface area contributed by atoms with Crippen LogP contribution in [0.5, 0.6) is 5.75 Å². The van der Waals surface area contributed by atoms with Crippen molar-refractivity contribution in [2.24, 2.45) is 17.8 Å². The van der Waals surface area contributed by atoms with Gasteiger partial charge in [-0.05, 0) is 38.7 Å². The van der Waals surface area contributed by atoms with Gasteiger partial charge in [-0.3, -0.25) is 9.59 Å². The van der Waals surface area contributed by atoms with Crippen LogP contribution in [0.25, 0.3) is 0 Å². The summed E-state index contributed by atoms with van der Waals surface area (Å²) in [6, 6.07) is 7.65. The normalized spacial score (nSPS) is 28.1. The Bertz CT molecular complexity index is 582. The highest BCUT2D eigenvalue weighted by molar-refractivity contribution is 5.88. The molecule has 23 heavy (non-hydrogen) atoms. The summed E-state index contributed by atoms with van der Waals surface area (Å²) in [7, 11) is 1.64. The number of para-hydroxylation sites is 1. The van der Waals surface area contributed by atoms with Crippen molar-refractivity contribution in [2.75, 3.05) is 7.11 Å². The maximum absolute atomic E-state index is 12.7. The third-order valence-corrected chi connectivity index (χ3v) is 5.38. The van der Waals surface area contributed by atoms with Crippen molar-refractivity contribution in [3.8, 4) is 5.75 Å². The number of amides is 1. The number of ether oxygens (including phenoxy) is 1. The largest absolute Gasteiger partial charge is 0.496 e. The molecule has 0 saturated heterocycles. The second-order valence-electron chi connectivity index (χ2n) is 6.87. The summed E-state index contributed by atoms with van der Waals surface area (Å²) in [5, 5.41) is 3.11. The van der Waals surface area contributed by atoms with E-state index in [-0.39, 0.29) is 29.7 Å². The van der Waals surface area contributed by atoms with Gasteiger partial charge >= 0.3 is 0 Å². The van der Waals surface area contributed by atoms with Gasteiger partial charge in [-0.2, -0.15) is 0 Å². The molecule has 3 rings (SSSR count). The first-order chi connectivity index (χ1) is 11.1. The summed E-state index contributed by atoms with van der Waals surface area (Å²) in [4.78, 5) is 24.8. The lowest BCUT2D eigenvalue weighted by molar-refractivity contribution is -0.137. The van der Waals surface area contributed by atoms with Crippen LogP contribution in [-0.4, -0.2) is 18.8 Å². The second-order valence-corrected chi connectivity index (χ2v) is 6.87. The Hall–Kier alpha value is -1.84. The Morgan fingerprint density at radius 2 is 1.87 bits per heavy atom. The molecule has 0 heterocycles. The predicted octanol–water partition coefficient (Wildman–Crippen LogP) is 3.27. The molecule has 2 bridgehead atoms. The zero-order chi connectivity index (χ0) is 16.4. The summed E-state index contributed by atoms with van der Waals surface area (Å²) in [5.74, 6) is 1.46. The number of carbonyl (C=O) groups excluding carboxylic acids is 2. The fourth-order valence-corrected chi connectivity index (χ4v) is 4.13. The first-order valence-corrected chi connectivity index (χ1v) is 8.57. The predicted molar refractivity (Wildman–Crippen MR) is 88.1 cm³/mol. The van der Waals surface area contributed by atoms with E-state index in [0.717, 1.165) is 43.4 Å². The zero-order valence-corrected chi connectivity index (χ0v) is 13.9. The van der Waals surface area contributed by atoms with Crippen molar-refractivity contribution in [1.82, 2.24) is 5.32 Å². The van der Waals surface area contributed by atoms with Crippen LogP contribution in [0.4, 0.5) is 0 Å². The molecular weight excluding hydrogens is 290 g/mol. The van der Waals surface area contributed by atoms with Crippen molar-refractivity contribution < 1.29 is 14.3 Å². The number of Topliss-reactive ketones (excluding diaryl/α,β-unsaturated/α-hetero) is 1. The highest BCUT2D eigenvalue weighted by Gasteiger charge is 2.41. The van der Waals surface area contributed by atoms with Gasteiger partial charge in [0.15, 0.2) is 0 Å². The molecule has 1 N–H and O–H groups in total. The first kappa shape index (κ1) is 16.0. The smallest absolute Gasteiger partial charge is 0.223 e. The van der Waals surface area contributed by atoms with Crippen molar-refractivity contribution in [1.29, 1.82) is 0 Å². The minimum Gasteiger partial charge on any atom is -0.496 e. The van der Waals surface area contributed by atoms with Crippen molar-refractivity contribution >= 4 is 11.7 Å². The van der Waals surface area contributed by atoms with Gasteiger partial charge in [0.2, 0.25) is 5.91 Å². The van der Waals surface area contributed by atoms with Gasteiger partial charge in [0.1, 0.15) is 11.5 Å². The van der Waals surface area contributed by atoms with E-state index in [1.165, 1.54) is 0 Å². The van der Waals surface area contributed by atoms with E-state index >= 15 is 0 Å². The highest BCUT2D eigenvalue weighted by atomic mass is 16.5. The van der Waals surface area contributed by atoms with Crippen LogP contribution in [0.2, 0.25) is 0 Å². The van der Waals surface area contributed by atoms with Crippen LogP contribution in [-0.2, 0) is 9.59 Å². The molecule has 2 aliphatic carbocycles. The van der Waals surface area contributed by atoms with Crippen LogP contribution >= 0.6 is 0 Å². The van der Waals surface area contributed by atoms with Gasteiger partial charge in [0.25, 0.3) is 0 Å².